The zero-order valence-electron chi connectivity index (χ0n) is 14.1. The summed E-state index contributed by atoms with van der Waals surface area (Å²) in [7, 11) is 0. The van der Waals surface area contributed by atoms with Crippen LogP contribution in [0.1, 0.15) is 54.7 Å². The minimum Gasteiger partial charge on any atom is -0.368 e. The summed E-state index contributed by atoms with van der Waals surface area (Å²) in [6.45, 7) is 3.17. The van der Waals surface area contributed by atoms with Crippen molar-refractivity contribution in [1.29, 1.82) is 0 Å². The van der Waals surface area contributed by atoms with Crippen molar-refractivity contribution in [1.82, 2.24) is 20.2 Å². The molecule has 2 heterocycles. The number of nitrogens with one attached hydrogen (secondary N) is 1. The van der Waals surface area contributed by atoms with E-state index in [4.69, 9.17) is 5.73 Å². The van der Waals surface area contributed by atoms with Gasteiger partial charge in [0.1, 0.15) is 5.69 Å². The monoisotopic (exact) mass is 331 g/mol. The first-order chi connectivity index (χ1) is 11.5. The van der Waals surface area contributed by atoms with Crippen LogP contribution in [0.2, 0.25) is 0 Å². The van der Waals surface area contributed by atoms with E-state index in [0.29, 0.717) is 24.6 Å². The van der Waals surface area contributed by atoms with Gasteiger partial charge < -0.3 is 16.0 Å². The van der Waals surface area contributed by atoms with Gasteiger partial charge in [-0.3, -0.25) is 9.59 Å². The summed E-state index contributed by atoms with van der Waals surface area (Å²) in [6, 6.07) is 1.44. The standard InChI is InChI=1S/C17H25N5O2/c1-11-7-14(21-17(18)19-11)16(24)20-13-8-15(23)22(10-13)9-12-5-3-2-4-6-12/h7,12-13H,2-6,8-10H2,1H3,(H,20,24)(H2,18,19,21). The quantitative estimate of drug-likeness (QED) is 0.865. The van der Waals surface area contributed by atoms with Crippen molar-refractivity contribution in [2.75, 3.05) is 18.8 Å². The second-order valence-electron chi connectivity index (χ2n) is 6.93. The summed E-state index contributed by atoms with van der Waals surface area (Å²) in [5, 5.41) is 2.90. The van der Waals surface area contributed by atoms with Gasteiger partial charge in [-0.1, -0.05) is 19.3 Å². The number of aryl methyl sites for hydroxylation is 1. The van der Waals surface area contributed by atoms with Gasteiger partial charge in [-0.25, -0.2) is 9.97 Å². The molecule has 130 valence electrons. The van der Waals surface area contributed by atoms with Crippen LogP contribution in [0, 0.1) is 12.8 Å². The average Bonchev–Trinajstić information content (AvgIpc) is 2.87. The van der Waals surface area contributed by atoms with Crippen molar-refractivity contribution in [2.45, 2.75) is 51.5 Å². The molecule has 1 aliphatic heterocycles. The highest BCUT2D eigenvalue weighted by Crippen LogP contribution is 2.26. The lowest BCUT2D eigenvalue weighted by Gasteiger charge is -2.27. The van der Waals surface area contributed by atoms with Crippen molar-refractivity contribution in [3.05, 3.63) is 17.5 Å². The van der Waals surface area contributed by atoms with Crippen LogP contribution < -0.4 is 11.1 Å². The molecule has 3 N–H and O–H groups in total. The van der Waals surface area contributed by atoms with Gasteiger partial charge in [0.15, 0.2) is 0 Å². The van der Waals surface area contributed by atoms with Crippen LogP contribution in [0.4, 0.5) is 5.95 Å². The third-order valence-corrected chi connectivity index (χ3v) is 4.86. The third kappa shape index (κ3) is 4.01. The topological polar surface area (TPSA) is 101 Å². The SMILES string of the molecule is Cc1cc(C(=O)NC2CC(=O)N(CC3CCCCC3)C2)nc(N)n1. The Kier molecular flexibility index (Phi) is 4.97. The van der Waals surface area contributed by atoms with Gasteiger partial charge in [-0.15, -0.1) is 0 Å². The minimum absolute atomic E-state index is 0.0848. The van der Waals surface area contributed by atoms with Crippen LogP contribution in [0.3, 0.4) is 0 Å². The first-order valence-corrected chi connectivity index (χ1v) is 8.71. The number of carbonyl (C=O) groups excluding carboxylic acids is 2. The fourth-order valence-corrected chi connectivity index (χ4v) is 3.69. The number of hydrogen-bond donors (Lipinski definition) is 2. The molecule has 2 fully saturated rings. The van der Waals surface area contributed by atoms with E-state index in [1.54, 1.807) is 13.0 Å². The maximum absolute atomic E-state index is 12.3. The van der Waals surface area contributed by atoms with Crippen LogP contribution in [0.25, 0.3) is 0 Å². The summed E-state index contributed by atoms with van der Waals surface area (Å²) < 4.78 is 0. The summed E-state index contributed by atoms with van der Waals surface area (Å²) in [6.07, 6.45) is 6.62. The zero-order valence-corrected chi connectivity index (χ0v) is 14.1. The molecular weight excluding hydrogens is 306 g/mol. The summed E-state index contributed by atoms with van der Waals surface area (Å²) in [5.41, 5.74) is 6.48. The summed E-state index contributed by atoms with van der Waals surface area (Å²) in [4.78, 5) is 34.4. The number of anilines is 1. The molecule has 1 aromatic heterocycles. The lowest BCUT2D eigenvalue weighted by atomic mass is 9.89. The second-order valence-corrected chi connectivity index (χ2v) is 6.93. The summed E-state index contributed by atoms with van der Waals surface area (Å²) >= 11 is 0. The number of carbonyl (C=O) groups is 2. The molecule has 2 aliphatic rings. The number of amides is 2. The Labute approximate surface area is 142 Å². The number of nitrogens with zero attached hydrogens (tertiary/aromatic N) is 3. The predicted octanol–water partition coefficient (Wildman–Crippen LogP) is 1.28. The Balaban J connectivity index is 1.56. The van der Waals surface area contributed by atoms with Crippen LogP contribution in [-0.4, -0.2) is 45.8 Å². The molecule has 7 nitrogen and oxygen atoms in total. The Morgan fingerprint density at radius 2 is 2.08 bits per heavy atom. The Bertz CT molecular complexity index is 607. The first kappa shape index (κ1) is 16.7. The van der Waals surface area contributed by atoms with E-state index >= 15 is 0 Å². The number of rotatable bonds is 4. The van der Waals surface area contributed by atoms with E-state index in [2.05, 4.69) is 15.3 Å². The van der Waals surface area contributed by atoms with Crippen LogP contribution in [0.15, 0.2) is 6.07 Å². The molecule has 0 aromatic carbocycles. The van der Waals surface area contributed by atoms with Gasteiger partial charge >= 0.3 is 0 Å². The zero-order chi connectivity index (χ0) is 17.1. The van der Waals surface area contributed by atoms with Crippen molar-refractivity contribution in [3.63, 3.8) is 0 Å². The molecule has 0 radical (unpaired) electrons. The number of aromatic nitrogens is 2. The molecule has 1 atom stereocenters. The molecule has 1 unspecified atom stereocenters. The minimum atomic E-state index is -0.301. The molecule has 1 saturated heterocycles. The maximum Gasteiger partial charge on any atom is 0.270 e. The Morgan fingerprint density at radius 3 is 2.79 bits per heavy atom. The summed E-state index contributed by atoms with van der Waals surface area (Å²) in [5.74, 6) is 0.525. The highest BCUT2D eigenvalue weighted by atomic mass is 16.2. The smallest absolute Gasteiger partial charge is 0.270 e. The van der Waals surface area contributed by atoms with Crippen molar-refractivity contribution < 1.29 is 9.59 Å². The molecule has 2 amide bonds. The van der Waals surface area contributed by atoms with Crippen molar-refractivity contribution in [2.24, 2.45) is 5.92 Å². The highest BCUT2D eigenvalue weighted by Gasteiger charge is 2.32. The van der Waals surface area contributed by atoms with Gasteiger partial charge in [0.05, 0.1) is 6.04 Å². The molecule has 7 heteroatoms. The van der Waals surface area contributed by atoms with E-state index in [-0.39, 0.29) is 29.5 Å². The molecule has 3 rings (SSSR count). The molecule has 1 aromatic rings. The molecule has 0 bridgehead atoms. The van der Waals surface area contributed by atoms with Gasteiger partial charge in [-0.2, -0.15) is 0 Å². The van der Waals surface area contributed by atoms with E-state index in [1.807, 2.05) is 4.90 Å². The Hall–Kier alpha value is -2.18. The van der Waals surface area contributed by atoms with Crippen molar-refractivity contribution >= 4 is 17.8 Å². The molecular formula is C17H25N5O2. The second kappa shape index (κ2) is 7.15. The molecule has 1 aliphatic carbocycles. The fraction of sp³-hybridized carbons (Fsp3) is 0.647. The maximum atomic E-state index is 12.3. The Morgan fingerprint density at radius 1 is 1.33 bits per heavy atom. The van der Waals surface area contributed by atoms with Crippen molar-refractivity contribution in [3.8, 4) is 0 Å². The largest absolute Gasteiger partial charge is 0.368 e. The lowest BCUT2D eigenvalue weighted by Crippen LogP contribution is -2.38. The van der Waals surface area contributed by atoms with Crippen LogP contribution >= 0.6 is 0 Å². The van der Waals surface area contributed by atoms with Gasteiger partial charge in [0.2, 0.25) is 11.9 Å². The van der Waals surface area contributed by atoms with Gasteiger partial charge in [-0.05, 0) is 31.7 Å². The molecule has 24 heavy (non-hydrogen) atoms. The van der Waals surface area contributed by atoms with Crippen LogP contribution in [0.5, 0.6) is 0 Å². The predicted molar refractivity (Wildman–Crippen MR) is 90.2 cm³/mol. The normalized spacial score (nSPS) is 22.0. The molecule has 1 saturated carbocycles. The number of hydrogen-bond acceptors (Lipinski definition) is 5. The molecule has 0 spiro atoms. The highest BCUT2D eigenvalue weighted by molar-refractivity contribution is 5.93. The van der Waals surface area contributed by atoms with Gasteiger partial charge in [0, 0.05) is 25.2 Å². The van der Waals surface area contributed by atoms with E-state index < -0.39 is 0 Å². The number of nitrogen functional groups attached to an aromatic ring is 1. The van der Waals surface area contributed by atoms with Crippen LogP contribution in [-0.2, 0) is 4.79 Å². The number of nitrogens with two attached hydrogens (primary N) is 1. The lowest BCUT2D eigenvalue weighted by molar-refractivity contribution is -0.128. The van der Waals surface area contributed by atoms with E-state index in [1.165, 1.54) is 32.1 Å². The average molecular weight is 331 g/mol. The first-order valence-electron chi connectivity index (χ1n) is 8.71. The fourth-order valence-electron chi connectivity index (χ4n) is 3.69. The van der Waals surface area contributed by atoms with E-state index in [0.717, 1.165) is 6.54 Å². The number of likely N-dealkylation sites (tertiary alicyclic amines) is 1. The third-order valence-electron chi connectivity index (χ3n) is 4.86. The van der Waals surface area contributed by atoms with Gasteiger partial charge in [0.25, 0.3) is 5.91 Å². The van der Waals surface area contributed by atoms with E-state index in [9.17, 15) is 9.59 Å².